The molecule has 0 radical (unpaired) electrons. The molecule has 0 unspecified atom stereocenters. The number of rotatable bonds is 2. The highest BCUT2D eigenvalue weighted by molar-refractivity contribution is 5.68. The van der Waals surface area contributed by atoms with E-state index >= 15 is 0 Å². The molecule has 0 aromatic heterocycles. The molecule has 0 bridgehead atoms. The van der Waals surface area contributed by atoms with Crippen molar-refractivity contribution in [3.8, 4) is 11.5 Å². The monoisotopic (exact) mass is 265 g/mol. The smallest absolute Gasteiger partial charge is 0.409 e. The van der Waals surface area contributed by atoms with E-state index in [9.17, 15) is 4.79 Å². The van der Waals surface area contributed by atoms with Gasteiger partial charge in [-0.3, -0.25) is 16.0 Å². The van der Waals surface area contributed by atoms with Crippen LogP contribution in [0.3, 0.4) is 0 Å². The normalized spacial score (nSPS) is 19.2. The Morgan fingerprint density at radius 1 is 1.32 bits per heavy atom. The Morgan fingerprint density at radius 3 is 2.79 bits per heavy atom. The average Bonchev–Trinajstić information content (AvgIpc) is 3.06. The van der Waals surface area contributed by atoms with Gasteiger partial charge < -0.3 is 14.2 Å². The van der Waals surface area contributed by atoms with Crippen LogP contribution >= 0.6 is 0 Å². The number of alkyl carbamates (subject to hydrolysis) is 1. The molecule has 0 saturated carbocycles. The molecule has 2 aliphatic rings. The number of carbonyl (C=O) groups excluding carboxylic acids is 1. The van der Waals surface area contributed by atoms with Crippen molar-refractivity contribution in [3.63, 3.8) is 0 Å². The van der Waals surface area contributed by atoms with Gasteiger partial charge >= 0.3 is 6.09 Å². The topological polar surface area (TPSA) is 80.9 Å². The van der Waals surface area contributed by atoms with E-state index in [1.54, 1.807) is 0 Å². The maximum absolute atomic E-state index is 11.5. The number of nitrogens with one attached hydrogen (secondary N) is 3. The fourth-order valence-electron chi connectivity index (χ4n) is 2.26. The summed E-state index contributed by atoms with van der Waals surface area (Å²) in [5.74, 6) is 0.530. The van der Waals surface area contributed by atoms with Gasteiger partial charge in [0.05, 0.1) is 7.11 Å². The first-order valence-electron chi connectivity index (χ1n) is 6.00. The second kappa shape index (κ2) is 4.60. The van der Waals surface area contributed by atoms with Gasteiger partial charge in [-0.05, 0) is 18.2 Å². The van der Waals surface area contributed by atoms with Gasteiger partial charge in [0, 0.05) is 18.7 Å². The fraction of sp³-hybridized carbons (Fsp3) is 0.417. The lowest BCUT2D eigenvalue weighted by Gasteiger charge is -2.30. The van der Waals surface area contributed by atoms with Gasteiger partial charge in [0.15, 0.2) is 17.3 Å². The minimum atomic E-state index is -0.839. The maximum Gasteiger partial charge on any atom is 0.409 e. The minimum absolute atomic E-state index is 0.219. The minimum Gasteiger partial charge on any atom is -0.454 e. The Labute approximate surface area is 110 Å². The first-order valence-corrected chi connectivity index (χ1v) is 6.00. The van der Waals surface area contributed by atoms with Crippen LogP contribution in [0.15, 0.2) is 18.2 Å². The molecule has 0 aliphatic carbocycles. The van der Waals surface area contributed by atoms with Crippen molar-refractivity contribution in [2.75, 3.05) is 27.0 Å². The maximum atomic E-state index is 11.5. The van der Waals surface area contributed by atoms with E-state index < -0.39 is 11.9 Å². The zero-order valence-electron chi connectivity index (χ0n) is 10.5. The number of ether oxygens (including phenoxy) is 3. The Hall–Kier alpha value is -1.99. The predicted molar refractivity (Wildman–Crippen MR) is 65.8 cm³/mol. The van der Waals surface area contributed by atoms with Gasteiger partial charge in [0.2, 0.25) is 6.79 Å². The van der Waals surface area contributed by atoms with E-state index in [2.05, 4.69) is 20.7 Å². The van der Waals surface area contributed by atoms with E-state index in [1.165, 1.54) is 7.11 Å². The van der Waals surface area contributed by atoms with Gasteiger partial charge in [-0.1, -0.05) is 0 Å². The lowest BCUT2D eigenvalue weighted by atomic mass is 10.1. The number of amides is 1. The van der Waals surface area contributed by atoms with Crippen molar-refractivity contribution < 1.29 is 19.0 Å². The number of fused-ring (bicyclic) bond motifs is 1. The Bertz CT molecular complexity index is 500. The average molecular weight is 265 g/mol. The molecular weight excluding hydrogens is 250 g/mol. The summed E-state index contributed by atoms with van der Waals surface area (Å²) < 4.78 is 15.3. The second-order valence-electron chi connectivity index (χ2n) is 4.29. The Kier molecular flexibility index (Phi) is 2.92. The summed E-state index contributed by atoms with van der Waals surface area (Å²) in [5.41, 5.74) is 0.833. The van der Waals surface area contributed by atoms with Crippen molar-refractivity contribution in [1.29, 1.82) is 0 Å². The fourth-order valence-corrected chi connectivity index (χ4v) is 2.26. The zero-order chi connectivity index (χ0) is 13.3. The molecule has 1 aromatic rings. The van der Waals surface area contributed by atoms with Crippen LogP contribution in [0.25, 0.3) is 0 Å². The van der Waals surface area contributed by atoms with Crippen molar-refractivity contribution in [3.05, 3.63) is 23.8 Å². The summed E-state index contributed by atoms with van der Waals surface area (Å²) in [6.07, 6.45) is -0.514. The standard InChI is InChI=1S/C12H15N3O4/c1-17-11(16)15-12(13-4-5-14-12)8-2-3-9-10(6-8)19-7-18-9/h2-3,6,13-14H,4-5,7H2,1H3,(H,15,16). The van der Waals surface area contributed by atoms with Crippen LogP contribution in [-0.2, 0) is 10.5 Å². The molecule has 1 saturated heterocycles. The predicted octanol–water partition coefficient (Wildman–Crippen LogP) is 0.0744. The van der Waals surface area contributed by atoms with Crippen molar-refractivity contribution in [2.24, 2.45) is 0 Å². The highest BCUT2D eigenvalue weighted by atomic mass is 16.7. The van der Waals surface area contributed by atoms with Crippen LogP contribution in [0.2, 0.25) is 0 Å². The van der Waals surface area contributed by atoms with E-state index in [0.717, 1.165) is 18.7 Å². The van der Waals surface area contributed by atoms with Crippen LogP contribution in [0.4, 0.5) is 4.79 Å². The lowest BCUT2D eigenvalue weighted by molar-refractivity contribution is 0.145. The van der Waals surface area contributed by atoms with E-state index in [1.807, 2.05) is 18.2 Å². The van der Waals surface area contributed by atoms with Crippen LogP contribution in [-0.4, -0.2) is 33.1 Å². The number of carbonyl (C=O) groups is 1. The first-order chi connectivity index (χ1) is 9.23. The number of hydrogen-bond acceptors (Lipinski definition) is 6. The molecule has 102 valence electrons. The summed E-state index contributed by atoms with van der Waals surface area (Å²) in [4.78, 5) is 11.5. The van der Waals surface area contributed by atoms with Crippen LogP contribution in [0.5, 0.6) is 11.5 Å². The summed E-state index contributed by atoms with van der Waals surface area (Å²) >= 11 is 0. The third kappa shape index (κ3) is 2.06. The molecule has 0 atom stereocenters. The summed E-state index contributed by atoms with van der Waals surface area (Å²) in [6, 6.07) is 5.53. The van der Waals surface area contributed by atoms with Gasteiger partial charge in [0.1, 0.15) is 0 Å². The molecule has 0 spiro atoms. The SMILES string of the molecule is COC(=O)NC1(c2ccc3c(c2)OCO3)NCCN1. The molecule has 1 amide bonds. The van der Waals surface area contributed by atoms with Gasteiger partial charge in [-0.2, -0.15) is 0 Å². The zero-order valence-corrected chi connectivity index (χ0v) is 10.5. The van der Waals surface area contributed by atoms with Crippen LogP contribution in [0.1, 0.15) is 5.56 Å². The van der Waals surface area contributed by atoms with Gasteiger partial charge in [-0.15, -0.1) is 0 Å². The quantitative estimate of drug-likeness (QED) is 0.702. The summed E-state index contributed by atoms with van der Waals surface area (Å²) in [7, 11) is 1.33. The van der Waals surface area contributed by atoms with Gasteiger partial charge in [-0.25, -0.2) is 4.79 Å². The summed E-state index contributed by atoms with van der Waals surface area (Å²) in [5, 5.41) is 9.22. The third-order valence-corrected chi connectivity index (χ3v) is 3.19. The number of methoxy groups -OCH3 is 1. The van der Waals surface area contributed by atoms with Crippen molar-refractivity contribution in [1.82, 2.24) is 16.0 Å². The Morgan fingerprint density at radius 2 is 2.05 bits per heavy atom. The molecule has 7 nitrogen and oxygen atoms in total. The summed E-state index contributed by atoms with van der Waals surface area (Å²) in [6.45, 7) is 1.69. The highest BCUT2D eigenvalue weighted by Gasteiger charge is 2.38. The van der Waals surface area contributed by atoms with Crippen molar-refractivity contribution >= 4 is 6.09 Å². The van der Waals surface area contributed by atoms with Crippen LogP contribution in [0, 0.1) is 0 Å². The van der Waals surface area contributed by atoms with E-state index in [0.29, 0.717) is 11.5 Å². The molecule has 1 fully saturated rings. The molecule has 19 heavy (non-hydrogen) atoms. The van der Waals surface area contributed by atoms with Crippen molar-refractivity contribution in [2.45, 2.75) is 5.79 Å². The molecule has 7 heteroatoms. The molecule has 2 aliphatic heterocycles. The van der Waals surface area contributed by atoms with E-state index in [-0.39, 0.29) is 6.79 Å². The third-order valence-electron chi connectivity index (χ3n) is 3.19. The second-order valence-corrected chi connectivity index (χ2v) is 4.29. The molecule has 2 heterocycles. The molecule has 1 aromatic carbocycles. The number of hydrogen-bond donors (Lipinski definition) is 3. The molecule has 3 rings (SSSR count). The van der Waals surface area contributed by atoms with Gasteiger partial charge in [0.25, 0.3) is 0 Å². The molecule has 3 N–H and O–H groups in total. The van der Waals surface area contributed by atoms with E-state index in [4.69, 9.17) is 9.47 Å². The lowest BCUT2D eigenvalue weighted by Crippen LogP contribution is -2.59. The highest BCUT2D eigenvalue weighted by Crippen LogP contribution is 2.35. The number of benzene rings is 1. The van der Waals surface area contributed by atoms with Crippen LogP contribution < -0.4 is 25.4 Å². The Balaban J connectivity index is 1.93. The molecular formula is C12H15N3O4. The first kappa shape index (κ1) is 12.1. The largest absolute Gasteiger partial charge is 0.454 e.